The maximum atomic E-state index is 12.4. The zero-order valence-electron chi connectivity index (χ0n) is 13.8. The van der Waals surface area contributed by atoms with Gasteiger partial charge in [0.2, 0.25) is 0 Å². The minimum atomic E-state index is -3.73. The summed E-state index contributed by atoms with van der Waals surface area (Å²) in [5, 5.41) is 3.47. The van der Waals surface area contributed by atoms with Crippen LogP contribution in [0.5, 0.6) is 5.75 Å². The number of benzene rings is 2. The molecule has 6 nitrogen and oxygen atoms in total. The van der Waals surface area contributed by atoms with Gasteiger partial charge in [0.15, 0.2) is 0 Å². The zero-order valence-corrected chi connectivity index (χ0v) is 15.4. The molecule has 0 aliphatic rings. The molecule has 0 fully saturated rings. The molecule has 134 valence electrons. The lowest BCUT2D eigenvalue weighted by atomic mass is 10.3. The molecule has 3 rings (SSSR count). The van der Waals surface area contributed by atoms with Crippen LogP contribution in [0.15, 0.2) is 71.8 Å². The van der Waals surface area contributed by atoms with Gasteiger partial charge in [-0.25, -0.2) is 13.4 Å². The summed E-state index contributed by atoms with van der Waals surface area (Å²) in [6.45, 7) is 0. The van der Waals surface area contributed by atoms with Gasteiger partial charge in [0.25, 0.3) is 10.0 Å². The van der Waals surface area contributed by atoms with Gasteiger partial charge in [-0.3, -0.25) is 4.72 Å². The van der Waals surface area contributed by atoms with Crippen LogP contribution < -0.4 is 14.8 Å². The number of rotatable bonds is 6. The second kappa shape index (κ2) is 7.63. The quantitative estimate of drug-likeness (QED) is 0.657. The summed E-state index contributed by atoms with van der Waals surface area (Å²) in [6.07, 6.45) is 1.43. The summed E-state index contributed by atoms with van der Waals surface area (Å²) in [6, 6.07) is 16.8. The molecule has 0 aliphatic heterocycles. The number of nitrogens with one attached hydrogen (secondary N) is 2. The Hall–Kier alpha value is -2.77. The lowest BCUT2D eigenvalue weighted by Crippen LogP contribution is -2.13. The molecule has 0 amide bonds. The van der Waals surface area contributed by atoms with Gasteiger partial charge < -0.3 is 10.1 Å². The summed E-state index contributed by atoms with van der Waals surface area (Å²) in [7, 11) is -2.15. The molecule has 0 saturated carbocycles. The van der Waals surface area contributed by atoms with E-state index in [0.29, 0.717) is 22.3 Å². The van der Waals surface area contributed by atoms with E-state index < -0.39 is 10.0 Å². The molecule has 2 aromatic carbocycles. The summed E-state index contributed by atoms with van der Waals surface area (Å²) in [5.74, 6) is 1.24. The van der Waals surface area contributed by atoms with Crippen molar-refractivity contribution in [2.75, 3.05) is 17.1 Å². The predicted octanol–water partition coefficient (Wildman–Crippen LogP) is 4.29. The molecule has 0 spiro atoms. The number of sulfonamides is 1. The molecule has 8 heteroatoms. The van der Waals surface area contributed by atoms with Crippen LogP contribution in [-0.2, 0) is 10.0 Å². The topological polar surface area (TPSA) is 80.3 Å². The molecular formula is C18H16ClN3O3S. The lowest BCUT2D eigenvalue weighted by Gasteiger charge is -2.11. The van der Waals surface area contributed by atoms with Gasteiger partial charge in [0.05, 0.1) is 29.6 Å². The predicted molar refractivity (Wildman–Crippen MR) is 103 cm³/mol. The third-order valence-electron chi connectivity index (χ3n) is 3.49. The van der Waals surface area contributed by atoms with Gasteiger partial charge >= 0.3 is 0 Å². The minimum absolute atomic E-state index is 0.0845. The average molecular weight is 390 g/mol. The number of ether oxygens (including phenoxy) is 1. The first-order chi connectivity index (χ1) is 12.5. The van der Waals surface area contributed by atoms with Crippen LogP contribution in [-0.4, -0.2) is 20.5 Å². The summed E-state index contributed by atoms with van der Waals surface area (Å²) in [4.78, 5) is 4.31. The fourth-order valence-corrected chi connectivity index (χ4v) is 3.61. The van der Waals surface area contributed by atoms with Crippen molar-refractivity contribution < 1.29 is 13.2 Å². The van der Waals surface area contributed by atoms with Crippen molar-refractivity contribution in [1.29, 1.82) is 0 Å². The van der Waals surface area contributed by atoms with Gasteiger partial charge in [-0.15, -0.1) is 0 Å². The first kappa shape index (κ1) is 18.0. The van der Waals surface area contributed by atoms with Crippen molar-refractivity contribution in [3.63, 3.8) is 0 Å². The normalized spacial score (nSPS) is 11.0. The van der Waals surface area contributed by atoms with Crippen LogP contribution in [0.1, 0.15) is 0 Å². The van der Waals surface area contributed by atoms with E-state index in [1.165, 1.54) is 18.3 Å². The van der Waals surface area contributed by atoms with Crippen LogP contribution in [0.25, 0.3) is 0 Å². The molecule has 1 heterocycles. The van der Waals surface area contributed by atoms with Gasteiger partial charge in [-0.1, -0.05) is 29.8 Å². The number of pyridine rings is 1. The smallest absolute Gasteiger partial charge is 0.261 e. The Labute approximate surface area is 156 Å². The summed E-state index contributed by atoms with van der Waals surface area (Å²) in [5.41, 5.74) is 1.10. The average Bonchev–Trinajstić information content (AvgIpc) is 2.63. The number of para-hydroxylation sites is 2. The Morgan fingerprint density at radius 2 is 1.85 bits per heavy atom. The van der Waals surface area contributed by atoms with E-state index in [4.69, 9.17) is 16.3 Å². The number of methoxy groups -OCH3 is 1. The van der Waals surface area contributed by atoms with Gasteiger partial charge in [-0.05, 0) is 42.5 Å². The van der Waals surface area contributed by atoms with Crippen molar-refractivity contribution in [2.24, 2.45) is 0 Å². The third-order valence-corrected chi connectivity index (χ3v) is 5.11. The van der Waals surface area contributed by atoms with Crippen molar-refractivity contribution in [3.05, 3.63) is 71.9 Å². The second-order valence-corrected chi connectivity index (χ2v) is 7.44. The molecule has 0 saturated heterocycles. The SMILES string of the molecule is COc1ccccc1Nc1ccc(NS(=O)(=O)c2cccc(Cl)c2)cn1. The Balaban J connectivity index is 1.75. The van der Waals surface area contributed by atoms with E-state index in [9.17, 15) is 8.42 Å². The highest BCUT2D eigenvalue weighted by Crippen LogP contribution is 2.26. The molecule has 0 aliphatic carbocycles. The maximum absolute atomic E-state index is 12.4. The number of hydrogen-bond donors (Lipinski definition) is 2. The molecule has 3 aromatic rings. The van der Waals surface area contributed by atoms with E-state index >= 15 is 0 Å². The molecule has 0 atom stereocenters. The summed E-state index contributed by atoms with van der Waals surface area (Å²) >= 11 is 5.85. The Morgan fingerprint density at radius 3 is 2.54 bits per heavy atom. The highest BCUT2D eigenvalue weighted by atomic mass is 35.5. The minimum Gasteiger partial charge on any atom is -0.495 e. The number of halogens is 1. The number of nitrogens with zero attached hydrogens (tertiary/aromatic N) is 1. The Kier molecular flexibility index (Phi) is 5.29. The van der Waals surface area contributed by atoms with Crippen LogP contribution in [0, 0.1) is 0 Å². The van der Waals surface area contributed by atoms with E-state index in [1.54, 1.807) is 31.4 Å². The van der Waals surface area contributed by atoms with Crippen molar-refractivity contribution in [2.45, 2.75) is 4.90 Å². The summed E-state index contributed by atoms with van der Waals surface area (Å²) < 4.78 is 32.5. The number of aromatic nitrogens is 1. The van der Waals surface area contributed by atoms with Crippen molar-refractivity contribution in [1.82, 2.24) is 4.98 Å². The first-order valence-corrected chi connectivity index (χ1v) is 9.48. The molecule has 2 N–H and O–H groups in total. The van der Waals surface area contributed by atoms with Crippen molar-refractivity contribution in [3.8, 4) is 5.75 Å². The molecular weight excluding hydrogens is 374 g/mol. The van der Waals surface area contributed by atoms with E-state index in [2.05, 4.69) is 15.0 Å². The molecule has 0 unspecified atom stereocenters. The third kappa shape index (κ3) is 4.25. The van der Waals surface area contributed by atoms with Crippen LogP contribution >= 0.6 is 11.6 Å². The van der Waals surface area contributed by atoms with Gasteiger partial charge in [0, 0.05) is 5.02 Å². The van der Waals surface area contributed by atoms with E-state index in [0.717, 1.165) is 5.69 Å². The highest BCUT2D eigenvalue weighted by molar-refractivity contribution is 7.92. The molecule has 0 bridgehead atoms. The fraction of sp³-hybridized carbons (Fsp3) is 0.0556. The van der Waals surface area contributed by atoms with Crippen LogP contribution in [0.2, 0.25) is 5.02 Å². The first-order valence-electron chi connectivity index (χ1n) is 7.62. The van der Waals surface area contributed by atoms with Crippen molar-refractivity contribution >= 4 is 38.8 Å². The highest BCUT2D eigenvalue weighted by Gasteiger charge is 2.14. The van der Waals surface area contributed by atoms with E-state index in [-0.39, 0.29) is 4.90 Å². The number of anilines is 3. The number of hydrogen-bond acceptors (Lipinski definition) is 5. The monoisotopic (exact) mass is 389 g/mol. The van der Waals surface area contributed by atoms with Crippen LogP contribution in [0.4, 0.5) is 17.2 Å². The lowest BCUT2D eigenvalue weighted by molar-refractivity contribution is 0.417. The molecule has 26 heavy (non-hydrogen) atoms. The fourth-order valence-electron chi connectivity index (χ4n) is 2.26. The molecule has 0 radical (unpaired) electrons. The Bertz CT molecular complexity index is 1010. The van der Waals surface area contributed by atoms with Gasteiger partial charge in [-0.2, -0.15) is 0 Å². The maximum Gasteiger partial charge on any atom is 0.261 e. The zero-order chi connectivity index (χ0) is 18.6. The largest absolute Gasteiger partial charge is 0.495 e. The van der Waals surface area contributed by atoms with Crippen LogP contribution in [0.3, 0.4) is 0 Å². The second-order valence-electron chi connectivity index (χ2n) is 5.32. The van der Waals surface area contributed by atoms with Gasteiger partial charge in [0.1, 0.15) is 11.6 Å². The Morgan fingerprint density at radius 1 is 1.04 bits per heavy atom. The standard InChI is InChI=1S/C18H16ClN3O3S/c1-25-17-8-3-2-7-16(17)21-18-10-9-14(12-20-18)22-26(23,24)15-6-4-5-13(19)11-15/h2-12,22H,1H3,(H,20,21). The van der Waals surface area contributed by atoms with E-state index in [1.807, 2.05) is 24.3 Å². The molecule has 1 aromatic heterocycles.